The highest BCUT2D eigenvalue weighted by Crippen LogP contribution is 2.31. The average molecular weight is 405 g/mol. The van der Waals surface area contributed by atoms with Gasteiger partial charge in [-0.3, -0.25) is 19.3 Å². The molecule has 1 aliphatic heterocycles. The standard InChI is InChI=1S/C22H19N3O3S/c1-14-6-3-4-9-18(14)19(26)11-21-25(20(27)13-29-21)15(2)22(28)24-17-8-5-7-16(10-17)12-23/h3-11,15H,13H2,1-2H3,(H,24,28)/b21-11-/t15-/m1/s1. The summed E-state index contributed by atoms with van der Waals surface area (Å²) in [4.78, 5) is 39.1. The molecule has 1 fully saturated rings. The summed E-state index contributed by atoms with van der Waals surface area (Å²) in [5.41, 5.74) is 2.30. The van der Waals surface area contributed by atoms with Gasteiger partial charge in [0, 0.05) is 17.3 Å². The van der Waals surface area contributed by atoms with Crippen LogP contribution in [0, 0.1) is 18.3 Å². The van der Waals surface area contributed by atoms with E-state index in [1.54, 1.807) is 43.3 Å². The average Bonchev–Trinajstić information content (AvgIpc) is 3.07. The lowest BCUT2D eigenvalue weighted by Gasteiger charge is -2.24. The van der Waals surface area contributed by atoms with Crippen molar-refractivity contribution in [3.8, 4) is 6.07 Å². The van der Waals surface area contributed by atoms with Gasteiger partial charge in [0.25, 0.3) is 0 Å². The fraction of sp³-hybridized carbons (Fsp3) is 0.182. The number of carbonyl (C=O) groups is 3. The van der Waals surface area contributed by atoms with E-state index < -0.39 is 11.9 Å². The van der Waals surface area contributed by atoms with Crippen molar-refractivity contribution >= 4 is 35.0 Å². The highest BCUT2D eigenvalue weighted by Gasteiger charge is 2.34. The number of allylic oxidation sites excluding steroid dienone is 1. The maximum Gasteiger partial charge on any atom is 0.247 e. The Balaban J connectivity index is 1.80. The van der Waals surface area contributed by atoms with Gasteiger partial charge in [0.05, 0.1) is 22.4 Å². The second kappa shape index (κ2) is 8.76. The maximum absolute atomic E-state index is 12.7. The Morgan fingerprint density at radius 1 is 1.24 bits per heavy atom. The quantitative estimate of drug-likeness (QED) is 0.607. The van der Waals surface area contributed by atoms with Crippen LogP contribution in [0.25, 0.3) is 0 Å². The van der Waals surface area contributed by atoms with E-state index in [4.69, 9.17) is 5.26 Å². The number of carbonyl (C=O) groups excluding carboxylic acids is 3. The minimum Gasteiger partial charge on any atom is -0.324 e. The van der Waals surface area contributed by atoms with Crippen LogP contribution in [0.2, 0.25) is 0 Å². The van der Waals surface area contributed by atoms with Crippen LogP contribution < -0.4 is 5.32 Å². The number of aryl methyl sites for hydroxylation is 1. The van der Waals surface area contributed by atoms with Crippen molar-refractivity contribution in [2.24, 2.45) is 0 Å². The maximum atomic E-state index is 12.7. The number of nitrogens with one attached hydrogen (secondary N) is 1. The van der Waals surface area contributed by atoms with Gasteiger partial charge >= 0.3 is 0 Å². The minimum absolute atomic E-state index is 0.175. The predicted molar refractivity (Wildman–Crippen MR) is 112 cm³/mol. The molecule has 2 amide bonds. The summed E-state index contributed by atoms with van der Waals surface area (Å²) in [6, 6.07) is 15.0. The van der Waals surface area contributed by atoms with Crippen molar-refractivity contribution < 1.29 is 14.4 Å². The Bertz CT molecular complexity index is 1060. The summed E-state index contributed by atoms with van der Waals surface area (Å²) < 4.78 is 0. The molecule has 0 saturated carbocycles. The van der Waals surface area contributed by atoms with Gasteiger partial charge < -0.3 is 5.32 Å². The summed E-state index contributed by atoms with van der Waals surface area (Å²) in [5, 5.41) is 12.2. The van der Waals surface area contributed by atoms with Crippen molar-refractivity contribution in [1.82, 2.24) is 4.90 Å². The fourth-order valence-corrected chi connectivity index (χ4v) is 3.99. The van der Waals surface area contributed by atoms with Crippen LogP contribution in [0.5, 0.6) is 0 Å². The second-order valence-corrected chi connectivity index (χ2v) is 7.57. The molecule has 1 heterocycles. The molecule has 0 aliphatic carbocycles. The summed E-state index contributed by atoms with van der Waals surface area (Å²) in [6.07, 6.45) is 1.41. The number of amides is 2. The lowest BCUT2D eigenvalue weighted by molar-refractivity contribution is -0.132. The van der Waals surface area contributed by atoms with Crippen molar-refractivity contribution in [3.63, 3.8) is 0 Å². The van der Waals surface area contributed by atoms with Gasteiger partial charge in [0.2, 0.25) is 11.8 Å². The van der Waals surface area contributed by atoms with Crippen molar-refractivity contribution in [3.05, 3.63) is 76.3 Å². The molecule has 2 aromatic rings. The summed E-state index contributed by atoms with van der Waals surface area (Å²) in [5.74, 6) is -0.661. The molecule has 7 heteroatoms. The summed E-state index contributed by atoms with van der Waals surface area (Å²) >= 11 is 1.24. The lowest BCUT2D eigenvalue weighted by Crippen LogP contribution is -2.42. The van der Waals surface area contributed by atoms with Crippen LogP contribution in [-0.2, 0) is 9.59 Å². The van der Waals surface area contributed by atoms with E-state index in [9.17, 15) is 14.4 Å². The topological polar surface area (TPSA) is 90.3 Å². The highest BCUT2D eigenvalue weighted by molar-refractivity contribution is 8.04. The van der Waals surface area contributed by atoms with Crippen LogP contribution in [-0.4, -0.2) is 34.3 Å². The number of hydrogen-bond donors (Lipinski definition) is 1. The normalized spacial score (nSPS) is 15.8. The zero-order chi connectivity index (χ0) is 21.0. The van der Waals surface area contributed by atoms with Crippen LogP contribution >= 0.6 is 11.8 Å². The molecule has 6 nitrogen and oxygen atoms in total. The molecule has 1 aliphatic rings. The van der Waals surface area contributed by atoms with Crippen molar-refractivity contribution in [2.45, 2.75) is 19.9 Å². The molecular weight excluding hydrogens is 386 g/mol. The number of hydrogen-bond acceptors (Lipinski definition) is 5. The number of nitriles is 1. The zero-order valence-corrected chi connectivity index (χ0v) is 16.8. The molecule has 29 heavy (non-hydrogen) atoms. The Morgan fingerprint density at radius 2 is 2.00 bits per heavy atom. The molecule has 0 unspecified atom stereocenters. The smallest absolute Gasteiger partial charge is 0.247 e. The molecule has 146 valence electrons. The molecule has 3 rings (SSSR count). The van der Waals surface area contributed by atoms with Gasteiger partial charge in [-0.15, -0.1) is 0 Å². The van der Waals surface area contributed by atoms with E-state index in [1.165, 1.54) is 22.7 Å². The first-order chi connectivity index (χ1) is 13.9. The third kappa shape index (κ3) is 4.55. The minimum atomic E-state index is -0.806. The molecule has 0 aromatic heterocycles. The number of anilines is 1. The Labute approximate surface area is 173 Å². The molecule has 1 atom stereocenters. The van der Waals surface area contributed by atoms with Gasteiger partial charge in [-0.05, 0) is 37.6 Å². The van der Waals surface area contributed by atoms with Gasteiger partial charge in [0.15, 0.2) is 5.78 Å². The number of rotatable bonds is 5. The number of thioether (sulfide) groups is 1. The van der Waals surface area contributed by atoms with E-state index in [1.807, 2.05) is 25.1 Å². The van der Waals surface area contributed by atoms with Gasteiger partial charge in [-0.1, -0.05) is 42.1 Å². The Hall–Kier alpha value is -3.37. The largest absolute Gasteiger partial charge is 0.324 e. The molecule has 2 aromatic carbocycles. The van der Waals surface area contributed by atoms with E-state index in [0.29, 0.717) is 21.8 Å². The van der Waals surface area contributed by atoms with E-state index in [2.05, 4.69) is 5.32 Å². The fourth-order valence-electron chi connectivity index (χ4n) is 2.99. The van der Waals surface area contributed by atoms with Crippen LogP contribution in [0.4, 0.5) is 5.69 Å². The highest BCUT2D eigenvalue weighted by atomic mass is 32.2. The van der Waals surface area contributed by atoms with Gasteiger partial charge in [-0.25, -0.2) is 0 Å². The van der Waals surface area contributed by atoms with E-state index >= 15 is 0 Å². The first kappa shape index (κ1) is 20.4. The van der Waals surface area contributed by atoms with Crippen molar-refractivity contribution in [2.75, 3.05) is 11.1 Å². The van der Waals surface area contributed by atoms with Gasteiger partial charge in [0.1, 0.15) is 6.04 Å². The van der Waals surface area contributed by atoms with Crippen LogP contribution in [0.15, 0.2) is 59.6 Å². The number of ketones is 1. The SMILES string of the molecule is Cc1ccccc1C(=O)/C=C1\SCC(=O)N1[C@H](C)C(=O)Nc1cccc(C#N)c1. The molecular formula is C22H19N3O3S. The zero-order valence-electron chi connectivity index (χ0n) is 16.0. The van der Waals surface area contributed by atoms with Crippen LogP contribution in [0.3, 0.4) is 0 Å². The number of nitrogens with zero attached hydrogens (tertiary/aromatic N) is 2. The molecule has 0 bridgehead atoms. The third-order valence-corrected chi connectivity index (χ3v) is 5.54. The number of benzene rings is 2. The molecule has 1 saturated heterocycles. The van der Waals surface area contributed by atoms with E-state index in [-0.39, 0.29) is 17.4 Å². The monoisotopic (exact) mass is 405 g/mol. The van der Waals surface area contributed by atoms with Crippen LogP contribution in [0.1, 0.15) is 28.4 Å². The molecule has 1 N–H and O–H groups in total. The summed E-state index contributed by atoms with van der Waals surface area (Å²) in [7, 11) is 0. The Morgan fingerprint density at radius 3 is 2.72 bits per heavy atom. The third-order valence-electron chi connectivity index (χ3n) is 4.54. The van der Waals surface area contributed by atoms with Gasteiger partial charge in [-0.2, -0.15) is 5.26 Å². The molecule has 0 radical (unpaired) electrons. The second-order valence-electron chi connectivity index (χ2n) is 6.57. The van der Waals surface area contributed by atoms with E-state index in [0.717, 1.165) is 5.56 Å². The van der Waals surface area contributed by atoms with Crippen molar-refractivity contribution in [1.29, 1.82) is 5.26 Å². The molecule has 0 spiro atoms. The first-order valence-corrected chi connectivity index (χ1v) is 9.97. The summed E-state index contributed by atoms with van der Waals surface area (Å²) in [6.45, 7) is 3.46. The lowest BCUT2D eigenvalue weighted by atomic mass is 10.0. The first-order valence-electron chi connectivity index (χ1n) is 8.98. The predicted octanol–water partition coefficient (Wildman–Crippen LogP) is 3.49. The Kier molecular flexibility index (Phi) is 6.15.